The number of esters is 1. The summed E-state index contributed by atoms with van der Waals surface area (Å²) in [5.74, 6) is -0.0905. The van der Waals surface area contributed by atoms with Crippen LogP contribution in [-0.4, -0.2) is 47.4 Å². The number of allylic oxidation sites excluding steroid dienone is 5. The fourth-order valence-corrected chi connectivity index (χ4v) is 8.71. The highest BCUT2D eigenvalue weighted by Crippen LogP contribution is 2.17. The normalized spacial score (nSPS) is 12.9. The molecule has 2 atom stereocenters. The number of aliphatic hydroxyl groups is 2. The van der Waals surface area contributed by atoms with Crippen molar-refractivity contribution in [1.82, 2.24) is 5.32 Å². The number of rotatable bonds is 53. The van der Waals surface area contributed by atoms with E-state index >= 15 is 0 Å². The molecule has 0 aromatic carbocycles. The summed E-state index contributed by atoms with van der Waals surface area (Å²) in [5.41, 5.74) is 0. The Kier molecular flexibility index (Phi) is 53.1. The molecule has 0 saturated heterocycles. The third-order valence-electron chi connectivity index (χ3n) is 13.2. The first-order valence-electron chi connectivity index (χ1n) is 28.8. The van der Waals surface area contributed by atoms with E-state index < -0.39 is 12.1 Å². The van der Waals surface area contributed by atoms with E-state index in [0.717, 1.165) is 64.2 Å². The number of carbonyl (C=O) groups excluding carboxylic acids is 2. The van der Waals surface area contributed by atoms with Gasteiger partial charge in [0.25, 0.3) is 0 Å². The van der Waals surface area contributed by atoms with Gasteiger partial charge in [0.05, 0.1) is 25.4 Å². The lowest BCUT2D eigenvalue weighted by Gasteiger charge is -2.20. The Morgan fingerprint density at radius 3 is 1.22 bits per heavy atom. The van der Waals surface area contributed by atoms with Crippen molar-refractivity contribution >= 4 is 11.9 Å². The largest absolute Gasteiger partial charge is 0.466 e. The maximum atomic E-state index is 12.5. The highest BCUT2D eigenvalue weighted by molar-refractivity contribution is 5.76. The molecule has 1 amide bonds. The van der Waals surface area contributed by atoms with Gasteiger partial charge in [-0.1, -0.05) is 269 Å². The Bertz CT molecular complexity index is 1060. The molecule has 382 valence electrons. The van der Waals surface area contributed by atoms with E-state index in [2.05, 4.69) is 43.5 Å². The first kappa shape index (κ1) is 63.1. The molecule has 2 unspecified atom stereocenters. The van der Waals surface area contributed by atoms with Gasteiger partial charge in [0, 0.05) is 12.8 Å². The summed E-state index contributed by atoms with van der Waals surface area (Å²) in [6.45, 7) is 4.85. The van der Waals surface area contributed by atoms with E-state index in [1.54, 1.807) is 6.08 Å². The van der Waals surface area contributed by atoms with Crippen LogP contribution in [0.2, 0.25) is 0 Å². The Morgan fingerprint density at radius 2 is 0.785 bits per heavy atom. The van der Waals surface area contributed by atoms with Crippen LogP contribution in [0, 0.1) is 0 Å². The molecule has 6 nitrogen and oxygen atoms in total. The summed E-state index contributed by atoms with van der Waals surface area (Å²) >= 11 is 0. The Labute approximate surface area is 404 Å². The monoisotopic (exact) mass is 914 g/mol. The minimum atomic E-state index is -0.851. The number of amides is 1. The van der Waals surface area contributed by atoms with Crippen molar-refractivity contribution in [3.8, 4) is 0 Å². The van der Waals surface area contributed by atoms with Gasteiger partial charge < -0.3 is 20.3 Å². The molecule has 0 rings (SSSR count). The number of hydrogen-bond donors (Lipinski definition) is 3. The van der Waals surface area contributed by atoms with Gasteiger partial charge in [-0.2, -0.15) is 0 Å². The Morgan fingerprint density at radius 1 is 0.431 bits per heavy atom. The van der Waals surface area contributed by atoms with Crippen LogP contribution in [-0.2, 0) is 14.3 Å². The maximum absolute atomic E-state index is 12.5. The van der Waals surface area contributed by atoms with E-state index in [1.165, 1.54) is 212 Å². The van der Waals surface area contributed by atoms with Gasteiger partial charge in [-0.3, -0.25) is 9.59 Å². The Balaban J connectivity index is 3.48. The van der Waals surface area contributed by atoms with Crippen molar-refractivity contribution in [2.24, 2.45) is 0 Å². The van der Waals surface area contributed by atoms with Gasteiger partial charge >= 0.3 is 5.97 Å². The number of aliphatic hydroxyl groups excluding tert-OH is 2. The van der Waals surface area contributed by atoms with Crippen LogP contribution < -0.4 is 5.32 Å². The summed E-state index contributed by atoms with van der Waals surface area (Å²) in [4.78, 5) is 24.5. The minimum absolute atomic E-state index is 0.0151. The lowest BCUT2D eigenvalue weighted by molar-refractivity contribution is -0.143. The van der Waals surface area contributed by atoms with Gasteiger partial charge in [0.1, 0.15) is 0 Å². The van der Waals surface area contributed by atoms with Crippen LogP contribution in [0.15, 0.2) is 36.5 Å². The lowest BCUT2D eigenvalue weighted by atomic mass is 10.0. The SMILES string of the molecule is CCCC/C=C\C/C=C\CCCCCCCC(=O)OCCCCCCCCCCCCCCCCCC(=O)NC(CO)C(O)/C=C/CCCCCCCCCCCCCCCCCCC. The first-order valence-corrected chi connectivity index (χ1v) is 28.8. The van der Waals surface area contributed by atoms with Crippen LogP contribution in [0.4, 0.5) is 0 Å². The molecule has 0 aromatic heterocycles. The van der Waals surface area contributed by atoms with Gasteiger partial charge in [0.2, 0.25) is 5.91 Å². The quantitative estimate of drug-likeness (QED) is 0.0321. The average Bonchev–Trinajstić information content (AvgIpc) is 3.31. The molecule has 0 spiro atoms. The first-order chi connectivity index (χ1) is 32.0. The van der Waals surface area contributed by atoms with Gasteiger partial charge in [-0.25, -0.2) is 0 Å². The van der Waals surface area contributed by atoms with Crippen molar-refractivity contribution in [3.05, 3.63) is 36.5 Å². The molecule has 3 N–H and O–H groups in total. The molecule has 0 aromatic rings. The third kappa shape index (κ3) is 51.3. The third-order valence-corrected chi connectivity index (χ3v) is 13.2. The second-order valence-corrected chi connectivity index (χ2v) is 19.6. The van der Waals surface area contributed by atoms with Gasteiger partial charge in [-0.15, -0.1) is 0 Å². The molecule has 0 aliphatic rings. The number of hydrogen-bond acceptors (Lipinski definition) is 5. The summed E-state index contributed by atoms with van der Waals surface area (Å²) in [7, 11) is 0. The highest BCUT2D eigenvalue weighted by Gasteiger charge is 2.18. The number of nitrogens with one attached hydrogen (secondary N) is 1. The van der Waals surface area contributed by atoms with Crippen LogP contribution in [0.25, 0.3) is 0 Å². The van der Waals surface area contributed by atoms with E-state index in [9.17, 15) is 19.8 Å². The lowest BCUT2D eigenvalue weighted by Crippen LogP contribution is -2.45. The van der Waals surface area contributed by atoms with Gasteiger partial charge in [-0.05, 0) is 57.8 Å². The average molecular weight is 915 g/mol. The molecule has 0 bridgehead atoms. The molecular formula is C59H111NO5. The fourth-order valence-electron chi connectivity index (χ4n) is 8.71. The van der Waals surface area contributed by atoms with Crippen molar-refractivity contribution in [3.63, 3.8) is 0 Å². The standard InChI is InChI=1S/C59H111NO5/c1-3-5-7-9-11-13-15-17-19-20-21-22-24-27-31-35-39-43-47-51-57(62)56(55-61)60-58(63)52-48-44-40-36-32-28-25-23-26-30-34-38-42-46-50-54-65-59(64)53-49-45-41-37-33-29-18-16-14-12-10-8-6-4-2/h10,12,16,18,47,51,56-57,61-62H,3-9,11,13-15,17,19-46,48-50,52-55H2,1-2H3,(H,60,63)/b12-10-,18-16-,51-47+. The molecule has 0 aliphatic heterocycles. The minimum Gasteiger partial charge on any atom is -0.466 e. The van der Waals surface area contributed by atoms with Crippen LogP contribution in [0.1, 0.15) is 303 Å². The van der Waals surface area contributed by atoms with Crippen LogP contribution >= 0.6 is 0 Å². The van der Waals surface area contributed by atoms with E-state index in [0.29, 0.717) is 19.4 Å². The molecule has 0 radical (unpaired) electrons. The summed E-state index contributed by atoms with van der Waals surface area (Å²) < 4.78 is 5.46. The molecule has 0 heterocycles. The topological polar surface area (TPSA) is 95.9 Å². The van der Waals surface area contributed by atoms with Crippen molar-refractivity contribution in [2.45, 2.75) is 315 Å². The van der Waals surface area contributed by atoms with Crippen LogP contribution in [0.3, 0.4) is 0 Å². The maximum Gasteiger partial charge on any atom is 0.305 e. The molecule has 6 heteroatoms. The molecular weight excluding hydrogens is 803 g/mol. The van der Waals surface area contributed by atoms with Crippen molar-refractivity contribution in [2.75, 3.05) is 13.2 Å². The summed E-state index contributed by atoms with van der Waals surface area (Å²) in [6, 6.07) is -0.636. The summed E-state index contributed by atoms with van der Waals surface area (Å²) in [6.07, 6.45) is 67.3. The van der Waals surface area contributed by atoms with E-state index in [-0.39, 0.29) is 18.5 Å². The smallest absolute Gasteiger partial charge is 0.305 e. The zero-order valence-corrected chi connectivity index (χ0v) is 43.5. The molecule has 0 aliphatic carbocycles. The zero-order valence-electron chi connectivity index (χ0n) is 43.5. The fraction of sp³-hybridized carbons (Fsp3) is 0.864. The van der Waals surface area contributed by atoms with Crippen LogP contribution in [0.5, 0.6) is 0 Å². The van der Waals surface area contributed by atoms with Crippen molar-refractivity contribution < 1.29 is 24.5 Å². The predicted molar refractivity (Wildman–Crippen MR) is 283 cm³/mol. The second kappa shape index (κ2) is 54.7. The summed E-state index contributed by atoms with van der Waals surface area (Å²) in [5, 5.41) is 23.2. The Hall–Kier alpha value is -1.92. The predicted octanol–water partition coefficient (Wildman–Crippen LogP) is 17.6. The van der Waals surface area contributed by atoms with Crippen molar-refractivity contribution in [1.29, 1.82) is 0 Å². The highest BCUT2D eigenvalue weighted by atomic mass is 16.5. The van der Waals surface area contributed by atoms with Gasteiger partial charge in [0.15, 0.2) is 0 Å². The van der Waals surface area contributed by atoms with E-state index in [4.69, 9.17) is 4.74 Å². The number of carbonyl (C=O) groups is 2. The molecule has 0 saturated carbocycles. The molecule has 0 fully saturated rings. The van der Waals surface area contributed by atoms with E-state index in [1.807, 2.05) is 6.08 Å². The second-order valence-electron chi connectivity index (χ2n) is 19.6. The zero-order chi connectivity index (χ0) is 47.2. The number of ether oxygens (including phenoxy) is 1. The molecule has 65 heavy (non-hydrogen) atoms. The number of unbranched alkanes of at least 4 members (excludes halogenated alkanes) is 38.